The summed E-state index contributed by atoms with van der Waals surface area (Å²) in [7, 11) is 1.48. The average molecular weight is 372 g/mol. The molecule has 0 spiro atoms. The molecule has 1 aromatic heterocycles. The van der Waals surface area contributed by atoms with Gasteiger partial charge in [0.25, 0.3) is 5.91 Å². The fourth-order valence-electron chi connectivity index (χ4n) is 2.30. The Hall–Kier alpha value is -3.03. The van der Waals surface area contributed by atoms with Crippen LogP contribution in [0.4, 0.5) is 0 Å². The van der Waals surface area contributed by atoms with Crippen molar-refractivity contribution in [1.29, 1.82) is 0 Å². The van der Waals surface area contributed by atoms with Gasteiger partial charge in [0.15, 0.2) is 6.61 Å². The lowest BCUT2D eigenvalue weighted by Crippen LogP contribution is -2.40. The number of hydrogen-bond donors (Lipinski definition) is 1. The molecule has 2 aromatic rings. The highest BCUT2D eigenvalue weighted by Crippen LogP contribution is 2.15. The maximum Gasteiger partial charge on any atom is 0.338 e. The molecule has 0 radical (unpaired) electrons. The second kappa shape index (κ2) is 9.07. The Morgan fingerprint density at radius 1 is 1.11 bits per heavy atom. The zero-order chi connectivity index (χ0) is 20.0. The Labute approximate surface area is 157 Å². The number of aromatic nitrogens is 2. The number of rotatable bonds is 7. The third kappa shape index (κ3) is 5.47. The molecule has 1 aromatic carbocycles. The van der Waals surface area contributed by atoms with Crippen molar-refractivity contribution in [2.24, 2.45) is 0 Å². The lowest BCUT2D eigenvalue weighted by atomic mass is 10.2. The van der Waals surface area contributed by atoms with E-state index in [4.69, 9.17) is 4.74 Å². The molecule has 0 saturated heterocycles. The number of nitrogens with zero attached hydrogens (tertiary/aromatic N) is 3. The smallest absolute Gasteiger partial charge is 0.338 e. The molecule has 0 aliphatic heterocycles. The molecule has 1 heterocycles. The Morgan fingerprint density at radius 3 is 2.44 bits per heavy atom. The molecule has 1 N–H and O–H groups in total. The zero-order valence-corrected chi connectivity index (χ0v) is 16.0. The summed E-state index contributed by atoms with van der Waals surface area (Å²) < 4.78 is 5.07. The first-order valence-corrected chi connectivity index (χ1v) is 8.74. The van der Waals surface area contributed by atoms with E-state index < -0.39 is 18.5 Å². The number of likely N-dealkylation sites (N-methyl/N-ethyl adjacent to an activating group) is 1. The third-order valence-corrected chi connectivity index (χ3v) is 4.02. The molecule has 2 amide bonds. The number of esters is 1. The topological polar surface area (TPSA) is 101 Å². The fourth-order valence-corrected chi connectivity index (χ4v) is 2.30. The number of carbonyl (C=O) groups is 3. The van der Waals surface area contributed by atoms with Gasteiger partial charge in [-0.15, -0.1) is 0 Å². The highest BCUT2D eigenvalue weighted by Gasteiger charge is 2.16. The van der Waals surface area contributed by atoms with Crippen LogP contribution in [0.3, 0.4) is 0 Å². The largest absolute Gasteiger partial charge is 0.452 e. The van der Waals surface area contributed by atoms with Crippen LogP contribution >= 0.6 is 0 Å². The van der Waals surface area contributed by atoms with E-state index in [2.05, 4.69) is 15.3 Å². The van der Waals surface area contributed by atoms with Crippen molar-refractivity contribution in [3.05, 3.63) is 35.2 Å². The second-order valence-electron chi connectivity index (χ2n) is 6.27. The second-order valence-corrected chi connectivity index (χ2v) is 6.27. The van der Waals surface area contributed by atoms with Crippen LogP contribution in [0.2, 0.25) is 0 Å². The van der Waals surface area contributed by atoms with Crippen LogP contribution in [0.5, 0.6) is 0 Å². The van der Waals surface area contributed by atoms with E-state index in [0.717, 1.165) is 17.8 Å². The maximum absolute atomic E-state index is 12.2. The summed E-state index contributed by atoms with van der Waals surface area (Å²) in [5.41, 5.74) is 3.17. The van der Waals surface area contributed by atoms with Crippen molar-refractivity contribution in [3.8, 4) is 0 Å². The van der Waals surface area contributed by atoms with E-state index in [1.165, 1.54) is 11.9 Å². The van der Waals surface area contributed by atoms with E-state index in [0.29, 0.717) is 17.6 Å². The van der Waals surface area contributed by atoms with Gasteiger partial charge < -0.3 is 15.0 Å². The number of hydrogen-bond acceptors (Lipinski definition) is 6. The molecule has 144 valence electrons. The number of carbonyl (C=O) groups excluding carboxylic acids is 3. The molecule has 0 atom stereocenters. The fraction of sp³-hybridized carbons (Fsp3) is 0.421. The first-order chi connectivity index (χ1) is 12.8. The predicted octanol–water partition coefficient (Wildman–Crippen LogP) is 1.39. The standard InChI is InChI=1S/C19H24N4O4/c1-5-8-20-17(24)10-23(4)18(25)11-27-19(26)14-6-7-15-16(9-14)22-13(3)12(2)21-15/h6-7,9H,5,8,10-11H2,1-4H3,(H,20,24). The first-order valence-electron chi connectivity index (χ1n) is 8.74. The summed E-state index contributed by atoms with van der Waals surface area (Å²) in [5, 5.41) is 2.68. The van der Waals surface area contributed by atoms with Gasteiger partial charge in [0, 0.05) is 13.6 Å². The molecular weight excluding hydrogens is 348 g/mol. The number of ether oxygens (including phenoxy) is 1. The van der Waals surface area contributed by atoms with Crippen LogP contribution in [0.1, 0.15) is 35.1 Å². The van der Waals surface area contributed by atoms with Crippen LogP contribution in [0.15, 0.2) is 18.2 Å². The Bertz CT molecular complexity index is 866. The third-order valence-electron chi connectivity index (χ3n) is 4.02. The van der Waals surface area contributed by atoms with Gasteiger partial charge >= 0.3 is 5.97 Å². The van der Waals surface area contributed by atoms with Crippen molar-refractivity contribution >= 4 is 28.8 Å². The molecule has 0 aliphatic rings. The predicted molar refractivity (Wildman–Crippen MR) is 100 cm³/mol. The minimum absolute atomic E-state index is 0.0828. The van der Waals surface area contributed by atoms with Gasteiger partial charge in [-0.2, -0.15) is 0 Å². The minimum Gasteiger partial charge on any atom is -0.452 e. The summed E-state index contributed by atoms with van der Waals surface area (Å²) in [6, 6.07) is 4.86. The highest BCUT2D eigenvalue weighted by molar-refractivity contribution is 5.95. The zero-order valence-electron chi connectivity index (χ0n) is 16.0. The van der Waals surface area contributed by atoms with Gasteiger partial charge in [0.2, 0.25) is 5.91 Å². The molecule has 0 saturated carbocycles. The summed E-state index contributed by atoms with van der Waals surface area (Å²) in [5.74, 6) is -1.34. The number of benzene rings is 1. The van der Waals surface area contributed by atoms with Gasteiger partial charge in [-0.25, -0.2) is 14.8 Å². The Morgan fingerprint density at radius 2 is 1.78 bits per heavy atom. The van der Waals surface area contributed by atoms with E-state index in [1.54, 1.807) is 18.2 Å². The van der Waals surface area contributed by atoms with Gasteiger partial charge in [0.1, 0.15) is 0 Å². The number of aryl methyl sites for hydroxylation is 2. The van der Waals surface area contributed by atoms with Crippen LogP contribution in [0.25, 0.3) is 11.0 Å². The summed E-state index contributed by atoms with van der Waals surface area (Å²) >= 11 is 0. The van der Waals surface area contributed by atoms with Crippen molar-refractivity contribution in [3.63, 3.8) is 0 Å². The Balaban J connectivity index is 1.94. The molecular formula is C19H24N4O4. The molecule has 0 fully saturated rings. The van der Waals surface area contributed by atoms with Crippen molar-refractivity contribution in [2.45, 2.75) is 27.2 Å². The van der Waals surface area contributed by atoms with E-state index in [1.807, 2.05) is 20.8 Å². The molecule has 0 aliphatic carbocycles. The van der Waals surface area contributed by atoms with E-state index >= 15 is 0 Å². The lowest BCUT2D eigenvalue weighted by molar-refractivity contribution is -0.137. The van der Waals surface area contributed by atoms with Crippen molar-refractivity contribution in [1.82, 2.24) is 20.2 Å². The summed E-state index contributed by atoms with van der Waals surface area (Å²) in [4.78, 5) is 45.9. The molecule has 0 bridgehead atoms. The monoisotopic (exact) mass is 372 g/mol. The molecule has 8 nitrogen and oxygen atoms in total. The number of nitrogens with one attached hydrogen (secondary N) is 1. The molecule has 27 heavy (non-hydrogen) atoms. The summed E-state index contributed by atoms with van der Waals surface area (Å²) in [6.07, 6.45) is 0.816. The van der Waals surface area contributed by atoms with Crippen LogP contribution in [-0.2, 0) is 14.3 Å². The number of fused-ring (bicyclic) bond motifs is 1. The van der Waals surface area contributed by atoms with Gasteiger partial charge in [-0.1, -0.05) is 6.92 Å². The molecule has 0 unspecified atom stereocenters. The average Bonchev–Trinajstić information content (AvgIpc) is 2.64. The van der Waals surface area contributed by atoms with Crippen LogP contribution < -0.4 is 5.32 Å². The normalized spacial score (nSPS) is 10.5. The van der Waals surface area contributed by atoms with Crippen LogP contribution in [0, 0.1) is 13.8 Å². The minimum atomic E-state index is -0.630. The number of amides is 2. The molecule has 2 rings (SSSR count). The van der Waals surface area contributed by atoms with Crippen LogP contribution in [-0.4, -0.2) is 59.4 Å². The maximum atomic E-state index is 12.2. The van der Waals surface area contributed by atoms with Gasteiger partial charge in [-0.3, -0.25) is 9.59 Å². The Kier molecular flexibility index (Phi) is 6.81. The first kappa shape index (κ1) is 20.3. The molecule has 8 heteroatoms. The van der Waals surface area contributed by atoms with Gasteiger partial charge in [0.05, 0.1) is 34.5 Å². The quantitative estimate of drug-likeness (QED) is 0.737. The highest BCUT2D eigenvalue weighted by atomic mass is 16.5. The van der Waals surface area contributed by atoms with Crippen molar-refractivity contribution in [2.75, 3.05) is 26.7 Å². The lowest BCUT2D eigenvalue weighted by Gasteiger charge is -2.16. The van der Waals surface area contributed by atoms with E-state index in [-0.39, 0.29) is 18.0 Å². The van der Waals surface area contributed by atoms with Crippen molar-refractivity contribution < 1.29 is 19.1 Å². The van der Waals surface area contributed by atoms with E-state index in [9.17, 15) is 14.4 Å². The SMILES string of the molecule is CCCNC(=O)CN(C)C(=O)COC(=O)c1ccc2nc(C)c(C)nc2c1. The summed E-state index contributed by atoms with van der Waals surface area (Å²) in [6.45, 7) is 5.69. The van der Waals surface area contributed by atoms with Gasteiger partial charge in [-0.05, 0) is 38.5 Å².